The van der Waals surface area contributed by atoms with Gasteiger partial charge in [0.2, 0.25) is 5.91 Å². The van der Waals surface area contributed by atoms with E-state index in [1.165, 1.54) is 0 Å². The number of rotatable bonds is 5. The zero-order valence-corrected chi connectivity index (χ0v) is 16.0. The third-order valence-corrected chi connectivity index (χ3v) is 6.20. The minimum atomic E-state index is -2.94. The van der Waals surface area contributed by atoms with Gasteiger partial charge in [-0.1, -0.05) is 20.8 Å². The van der Waals surface area contributed by atoms with Crippen LogP contribution in [0.3, 0.4) is 0 Å². The predicted octanol–water partition coefficient (Wildman–Crippen LogP) is 0.785. The Balaban J connectivity index is 1.89. The molecule has 1 aliphatic rings. The number of amides is 1. The van der Waals surface area contributed by atoms with E-state index in [4.69, 9.17) is 0 Å². The highest BCUT2D eigenvalue weighted by Gasteiger charge is 2.31. The van der Waals surface area contributed by atoms with E-state index >= 15 is 0 Å². The van der Waals surface area contributed by atoms with Crippen LogP contribution in [0.2, 0.25) is 0 Å². The molecule has 1 saturated heterocycles. The summed E-state index contributed by atoms with van der Waals surface area (Å²) in [7, 11) is 0.624. The van der Waals surface area contributed by atoms with Crippen molar-refractivity contribution in [1.29, 1.82) is 0 Å². The van der Waals surface area contributed by atoms with Crippen molar-refractivity contribution in [2.45, 2.75) is 45.2 Å². The summed E-state index contributed by atoms with van der Waals surface area (Å²) < 4.78 is 23.1. The lowest BCUT2D eigenvalue weighted by Crippen LogP contribution is -2.41. The van der Waals surface area contributed by atoms with Crippen molar-refractivity contribution in [2.75, 3.05) is 32.1 Å². The minimum absolute atomic E-state index is 0.0336. The van der Waals surface area contributed by atoms with Crippen molar-refractivity contribution in [3.05, 3.63) is 17.5 Å². The summed E-state index contributed by atoms with van der Waals surface area (Å²) in [5, 5.41) is 7.28. The number of nitrogens with zero attached hydrogens (tertiary/aromatic N) is 3. The molecule has 8 heteroatoms. The lowest BCUT2D eigenvalue weighted by Gasteiger charge is -2.25. The molecule has 1 aromatic heterocycles. The third kappa shape index (κ3) is 4.80. The van der Waals surface area contributed by atoms with Crippen LogP contribution in [0, 0.1) is 0 Å². The number of aromatic nitrogens is 2. The average molecular weight is 356 g/mol. The average Bonchev–Trinajstić information content (AvgIpc) is 3.04. The van der Waals surface area contributed by atoms with Gasteiger partial charge < -0.3 is 4.90 Å². The van der Waals surface area contributed by atoms with Gasteiger partial charge in [0.25, 0.3) is 0 Å². The van der Waals surface area contributed by atoms with Crippen LogP contribution in [-0.2, 0) is 26.6 Å². The second-order valence-corrected chi connectivity index (χ2v) is 9.98. The first-order valence-corrected chi connectivity index (χ1v) is 9.99. The molecule has 1 aromatic rings. The molecule has 2 heterocycles. The van der Waals surface area contributed by atoms with E-state index in [0.29, 0.717) is 13.0 Å². The van der Waals surface area contributed by atoms with Gasteiger partial charge in [-0.25, -0.2) is 8.42 Å². The van der Waals surface area contributed by atoms with Crippen LogP contribution in [0.5, 0.6) is 0 Å². The van der Waals surface area contributed by atoms with Crippen molar-refractivity contribution in [3.8, 4) is 0 Å². The minimum Gasteiger partial charge on any atom is -0.339 e. The number of aromatic amines is 1. The number of carbonyl (C=O) groups is 1. The Morgan fingerprint density at radius 1 is 1.38 bits per heavy atom. The molecule has 7 nitrogen and oxygen atoms in total. The number of H-pyrrole nitrogens is 1. The zero-order valence-electron chi connectivity index (χ0n) is 15.2. The summed E-state index contributed by atoms with van der Waals surface area (Å²) in [6.45, 7) is 6.95. The molecule has 0 bridgehead atoms. The Labute approximate surface area is 144 Å². The molecule has 0 aromatic carbocycles. The van der Waals surface area contributed by atoms with Crippen molar-refractivity contribution in [2.24, 2.45) is 0 Å². The number of likely N-dealkylation sites (N-methyl/N-ethyl adjacent to an activating group) is 2. The third-order valence-electron chi connectivity index (χ3n) is 4.45. The smallest absolute Gasteiger partial charge is 0.236 e. The molecule has 1 aliphatic heterocycles. The van der Waals surface area contributed by atoms with Gasteiger partial charge in [0.15, 0.2) is 9.84 Å². The molecule has 0 unspecified atom stereocenters. The molecule has 1 amide bonds. The fraction of sp³-hybridized carbons (Fsp3) is 0.750. The highest BCUT2D eigenvalue weighted by atomic mass is 32.2. The van der Waals surface area contributed by atoms with Crippen LogP contribution in [0.1, 0.15) is 38.6 Å². The van der Waals surface area contributed by atoms with Gasteiger partial charge in [-0.15, -0.1) is 0 Å². The molecule has 2 rings (SSSR count). The Kier molecular flexibility index (Phi) is 5.39. The Morgan fingerprint density at radius 3 is 2.54 bits per heavy atom. The van der Waals surface area contributed by atoms with E-state index in [9.17, 15) is 13.2 Å². The fourth-order valence-electron chi connectivity index (χ4n) is 2.76. The molecule has 0 radical (unpaired) electrons. The molecule has 0 aliphatic carbocycles. The van der Waals surface area contributed by atoms with Gasteiger partial charge in [0.1, 0.15) is 0 Å². The summed E-state index contributed by atoms with van der Waals surface area (Å²) in [5.41, 5.74) is 1.82. The number of hydrogen-bond acceptors (Lipinski definition) is 5. The first-order valence-electron chi connectivity index (χ1n) is 8.17. The van der Waals surface area contributed by atoms with E-state index in [-0.39, 0.29) is 35.4 Å². The van der Waals surface area contributed by atoms with E-state index in [1.54, 1.807) is 11.9 Å². The SMILES string of the molecule is CN(Cc1cc(C(C)(C)C)n[nH]1)C(=O)CN(C)[C@H]1CCS(=O)(=O)C1. The normalized spacial score (nSPS) is 20.5. The van der Waals surface area contributed by atoms with Gasteiger partial charge in [-0.2, -0.15) is 5.10 Å². The topological polar surface area (TPSA) is 86.4 Å². The maximum Gasteiger partial charge on any atom is 0.236 e. The summed E-state index contributed by atoms with van der Waals surface area (Å²) in [6.07, 6.45) is 0.602. The summed E-state index contributed by atoms with van der Waals surface area (Å²) >= 11 is 0. The maximum atomic E-state index is 12.4. The summed E-state index contributed by atoms with van der Waals surface area (Å²) in [5.74, 6) is 0.333. The van der Waals surface area contributed by atoms with E-state index in [0.717, 1.165) is 11.4 Å². The van der Waals surface area contributed by atoms with E-state index in [1.807, 2.05) is 18.0 Å². The standard InChI is InChI=1S/C16H28N4O3S/c1-16(2,3)14-8-12(17-18-14)9-20(5)15(21)10-19(4)13-6-7-24(22,23)11-13/h8,13H,6-7,9-11H2,1-5H3,(H,17,18)/t13-/m0/s1. The Bertz CT molecular complexity index is 690. The van der Waals surface area contributed by atoms with Crippen LogP contribution < -0.4 is 0 Å². The highest BCUT2D eigenvalue weighted by molar-refractivity contribution is 7.91. The lowest BCUT2D eigenvalue weighted by molar-refractivity contribution is -0.131. The Morgan fingerprint density at radius 2 is 2.04 bits per heavy atom. The van der Waals surface area contributed by atoms with Crippen LogP contribution >= 0.6 is 0 Å². The van der Waals surface area contributed by atoms with Crippen LogP contribution in [0.15, 0.2) is 6.07 Å². The number of hydrogen-bond donors (Lipinski definition) is 1. The first kappa shape index (κ1) is 18.9. The molecular weight excluding hydrogens is 328 g/mol. The van der Waals surface area contributed by atoms with Crippen molar-refractivity contribution in [3.63, 3.8) is 0 Å². The molecule has 1 atom stereocenters. The summed E-state index contributed by atoms with van der Waals surface area (Å²) in [6, 6.07) is 1.92. The molecular formula is C16H28N4O3S. The monoisotopic (exact) mass is 356 g/mol. The van der Waals surface area contributed by atoms with Gasteiger partial charge in [0.05, 0.1) is 36.0 Å². The van der Waals surface area contributed by atoms with Crippen molar-refractivity contribution < 1.29 is 13.2 Å². The predicted molar refractivity (Wildman–Crippen MR) is 93.5 cm³/mol. The fourth-order valence-corrected chi connectivity index (χ4v) is 4.56. The Hall–Kier alpha value is -1.41. The highest BCUT2D eigenvalue weighted by Crippen LogP contribution is 2.21. The maximum absolute atomic E-state index is 12.4. The molecule has 1 N–H and O–H groups in total. The largest absolute Gasteiger partial charge is 0.339 e. The van der Waals surface area contributed by atoms with Gasteiger partial charge in [-0.3, -0.25) is 14.8 Å². The molecule has 0 spiro atoms. The quantitative estimate of drug-likeness (QED) is 0.843. The van der Waals surface area contributed by atoms with Crippen molar-refractivity contribution >= 4 is 15.7 Å². The second kappa shape index (κ2) is 6.84. The molecule has 0 saturated carbocycles. The van der Waals surface area contributed by atoms with Gasteiger partial charge in [0, 0.05) is 18.5 Å². The second-order valence-electron chi connectivity index (χ2n) is 7.75. The van der Waals surface area contributed by atoms with Gasteiger partial charge >= 0.3 is 0 Å². The number of sulfone groups is 1. The lowest BCUT2D eigenvalue weighted by atomic mass is 9.92. The molecule has 24 heavy (non-hydrogen) atoms. The zero-order chi connectivity index (χ0) is 18.1. The van der Waals surface area contributed by atoms with E-state index in [2.05, 4.69) is 31.0 Å². The van der Waals surface area contributed by atoms with Crippen molar-refractivity contribution in [1.82, 2.24) is 20.0 Å². The van der Waals surface area contributed by atoms with Gasteiger partial charge in [-0.05, 0) is 19.5 Å². The van der Waals surface area contributed by atoms with Crippen LogP contribution in [0.4, 0.5) is 0 Å². The van der Waals surface area contributed by atoms with Crippen LogP contribution in [-0.4, -0.2) is 72.5 Å². The summed E-state index contributed by atoms with van der Waals surface area (Å²) in [4.78, 5) is 15.9. The number of carbonyl (C=O) groups excluding carboxylic acids is 1. The molecule has 1 fully saturated rings. The number of nitrogens with one attached hydrogen (secondary N) is 1. The first-order chi connectivity index (χ1) is 11.0. The molecule has 136 valence electrons. The van der Waals surface area contributed by atoms with E-state index < -0.39 is 9.84 Å². The van der Waals surface area contributed by atoms with Crippen LogP contribution in [0.25, 0.3) is 0 Å².